The number of rotatable bonds is 3. The summed E-state index contributed by atoms with van der Waals surface area (Å²) < 4.78 is 14.4. The average Bonchev–Trinajstić information content (AvgIpc) is 3.22. The Balaban J connectivity index is 1.57. The zero-order valence-corrected chi connectivity index (χ0v) is 19.4. The van der Waals surface area contributed by atoms with Gasteiger partial charge in [-0.1, -0.05) is 18.2 Å². The smallest absolute Gasteiger partial charge is 0.323 e. The summed E-state index contributed by atoms with van der Waals surface area (Å²) in [7, 11) is 0. The van der Waals surface area contributed by atoms with Crippen LogP contribution in [0.4, 0.5) is 10.1 Å². The maximum atomic E-state index is 14.4. The van der Waals surface area contributed by atoms with Gasteiger partial charge < -0.3 is 20.6 Å². The number of nitrogens with two attached hydrogens (primary N) is 1. The second-order valence-electron chi connectivity index (χ2n) is 9.43. The second-order valence-corrected chi connectivity index (χ2v) is 9.43. The minimum absolute atomic E-state index is 0.199. The minimum Gasteiger partial charge on any atom is -0.370 e. The van der Waals surface area contributed by atoms with Gasteiger partial charge in [0, 0.05) is 36.3 Å². The Bertz CT molecular complexity index is 1610. The van der Waals surface area contributed by atoms with Crippen molar-refractivity contribution in [2.24, 2.45) is 5.73 Å². The lowest BCUT2D eigenvalue weighted by Gasteiger charge is -2.34. The molecule has 3 aromatic carbocycles. The first-order valence-electron chi connectivity index (χ1n) is 11.9. The molecule has 5 aromatic rings. The lowest BCUT2D eigenvalue weighted by molar-refractivity contribution is 0.502. The van der Waals surface area contributed by atoms with Gasteiger partial charge in [0.25, 0.3) is 0 Å². The van der Waals surface area contributed by atoms with Crippen molar-refractivity contribution in [3.8, 4) is 22.3 Å². The molecule has 3 heterocycles. The van der Waals surface area contributed by atoms with Crippen molar-refractivity contribution in [3.63, 3.8) is 0 Å². The van der Waals surface area contributed by atoms with Crippen LogP contribution in [0.15, 0.2) is 65.6 Å². The molecule has 6 nitrogen and oxygen atoms in total. The van der Waals surface area contributed by atoms with Gasteiger partial charge in [-0.05, 0) is 78.4 Å². The van der Waals surface area contributed by atoms with Crippen LogP contribution in [0.3, 0.4) is 0 Å². The predicted octanol–water partition coefficient (Wildman–Crippen LogP) is 5.11. The molecule has 6 rings (SSSR count). The Morgan fingerprint density at radius 1 is 0.943 bits per heavy atom. The molecule has 0 saturated carbocycles. The fraction of sp³-hybridized carbons (Fsp3) is 0.214. The zero-order chi connectivity index (χ0) is 24.1. The summed E-state index contributed by atoms with van der Waals surface area (Å²) in [4.78, 5) is 24.4. The lowest BCUT2D eigenvalue weighted by Crippen LogP contribution is -2.40. The standard InChI is InChI=1S/C28H26FN5O/c1-16-10-19(12-20(29)11-16)23-15-31-24-4-2-17(18-3-5-25-26(14-18)33-28(35)32-25)13-22(24)27(23)34-8-6-21(30)7-9-34/h2-5,10-15,21H,6-9,30H2,1H3,(H2,32,33,35). The topological polar surface area (TPSA) is 90.8 Å². The molecule has 4 N–H and O–H groups in total. The average molecular weight is 468 g/mol. The van der Waals surface area contributed by atoms with E-state index < -0.39 is 0 Å². The third-order valence-electron chi connectivity index (χ3n) is 6.90. The molecule has 2 aromatic heterocycles. The Morgan fingerprint density at radius 2 is 1.69 bits per heavy atom. The molecule has 35 heavy (non-hydrogen) atoms. The van der Waals surface area contributed by atoms with E-state index in [1.807, 2.05) is 49.5 Å². The number of nitrogens with one attached hydrogen (secondary N) is 2. The number of piperidine rings is 1. The third kappa shape index (κ3) is 3.98. The monoisotopic (exact) mass is 467 g/mol. The summed E-state index contributed by atoms with van der Waals surface area (Å²) in [5, 5.41) is 1.01. The van der Waals surface area contributed by atoms with E-state index >= 15 is 0 Å². The first kappa shape index (κ1) is 21.6. The summed E-state index contributed by atoms with van der Waals surface area (Å²) in [5.41, 5.74) is 14.1. The van der Waals surface area contributed by atoms with Crippen molar-refractivity contribution in [3.05, 3.63) is 82.7 Å². The number of aryl methyl sites for hydroxylation is 1. The number of benzene rings is 3. The van der Waals surface area contributed by atoms with Gasteiger partial charge in [-0.25, -0.2) is 9.18 Å². The van der Waals surface area contributed by atoms with Crippen LogP contribution in [0.5, 0.6) is 0 Å². The predicted molar refractivity (Wildman–Crippen MR) is 139 cm³/mol. The molecule has 0 radical (unpaired) electrons. The fourth-order valence-electron chi connectivity index (χ4n) is 5.14. The fourth-order valence-corrected chi connectivity index (χ4v) is 5.14. The number of anilines is 1. The van der Waals surface area contributed by atoms with Crippen LogP contribution >= 0.6 is 0 Å². The third-order valence-corrected chi connectivity index (χ3v) is 6.90. The maximum Gasteiger partial charge on any atom is 0.323 e. The normalized spacial score (nSPS) is 14.8. The van der Waals surface area contributed by atoms with E-state index in [-0.39, 0.29) is 17.5 Å². The quantitative estimate of drug-likeness (QED) is 0.344. The summed E-state index contributed by atoms with van der Waals surface area (Å²) in [5.74, 6) is -0.255. The van der Waals surface area contributed by atoms with E-state index in [1.54, 1.807) is 6.07 Å². The number of hydrogen-bond donors (Lipinski definition) is 3. The van der Waals surface area contributed by atoms with Gasteiger partial charge in [-0.15, -0.1) is 0 Å². The molecule has 176 valence electrons. The van der Waals surface area contributed by atoms with Crippen molar-refractivity contribution >= 4 is 27.6 Å². The molecule has 0 bridgehead atoms. The van der Waals surface area contributed by atoms with E-state index in [0.29, 0.717) is 0 Å². The number of fused-ring (bicyclic) bond motifs is 2. The lowest BCUT2D eigenvalue weighted by atomic mass is 9.95. The molecule has 1 aliphatic heterocycles. The highest BCUT2D eigenvalue weighted by Gasteiger charge is 2.23. The minimum atomic E-state index is -0.255. The highest BCUT2D eigenvalue weighted by Crippen LogP contribution is 2.40. The van der Waals surface area contributed by atoms with Gasteiger partial charge in [0.15, 0.2) is 0 Å². The molecule has 0 amide bonds. The van der Waals surface area contributed by atoms with Gasteiger partial charge in [0.05, 0.1) is 22.2 Å². The molecule has 1 fully saturated rings. The Hall–Kier alpha value is -3.97. The van der Waals surface area contributed by atoms with Gasteiger partial charge in [-0.2, -0.15) is 0 Å². The van der Waals surface area contributed by atoms with Gasteiger partial charge in [0.1, 0.15) is 5.82 Å². The molecule has 0 spiro atoms. The molecule has 1 saturated heterocycles. The summed E-state index contributed by atoms with van der Waals surface area (Å²) in [6.07, 6.45) is 3.67. The Labute approximate surface area is 201 Å². The van der Waals surface area contributed by atoms with Gasteiger partial charge in [-0.3, -0.25) is 4.98 Å². The number of imidazole rings is 1. The highest BCUT2D eigenvalue weighted by molar-refractivity contribution is 6.02. The molecule has 0 aliphatic carbocycles. The van der Waals surface area contributed by atoms with Crippen LogP contribution in [0, 0.1) is 12.7 Å². The van der Waals surface area contributed by atoms with E-state index in [1.165, 1.54) is 6.07 Å². The molecule has 1 aliphatic rings. The summed E-state index contributed by atoms with van der Waals surface area (Å²) in [6, 6.07) is 17.4. The zero-order valence-electron chi connectivity index (χ0n) is 19.4. The molecular formula is C28H26FN5O. The number of aromatic nitrogens is 3. The van der Waals surface area contributed by atoms with E-state index in [2.05, 4.69) is 20.9 Å². The summed E-state index contributed by atoms with van der Waals surface area (Å²) in [6.45, 7) is 3.57. The molecule has 0 unspecified atom stereocenters. The molecule has 0 atom stereocenters. The van der Waals surface area contributed by atoms with E-state index in [0.717, 1.165) is 81.4 Å². The number of hydrogen-bond acceptors (Lipinski definition) is 4. The van der Waals surface area contributed by atoms with Crippen molar-refractivity contribution in [1.82, 2.24) is 15.0 Å². The number of pyridine rings is 1. The van der Waals surface area contributed by atoms with E-state index in [9.17, 15) is 9.18 Å². The highest BCUT2D eigenvalue weighted by atomic mass is 19.1. The van der Waals surface area contributed by atoms with Crippen molar-refractivity contribution < 1.29 is 4.39 Å². The van der Waals surface area contributed by atoms with Crippen LogP contribution < -0.4 is 16.3 Å². The van der Waals surface area contributed by atoms with Crippen molar-refractivity contribution in [2.75, 3.05) is 18.0 Å². The first-order chi connectivity index (χ1) is 16.9. The SMILES string of the molecule is Cc1cc(F)cc(-c2cnc3ccc(-c4ccc5[nH]c(=O)[nH]c5c4)cc3c2N2CCC(N)CC2)c1. The molecular weight excluding hydrogens is 441 g/mol. The maximum absolute atomic E-state index is 14.4. The van der Waals surface area contributed by atoms with E-state index in [4.69, 9.17) is 10.7 Å². The van der Waals surface area contributed by atoms with Gasteiger partial charge >= 0.3 is 5.69 Å². The Morgan fingerprint density at radius 3 is 2.49 bits per heavy atom. The number of halogens is 1. The van der Waals surface area contributed by atoms with Crippen LogP contribution in [0.2, 0.25) is 0 Å². The number of aromatic amines is 2. The Kier molecular flexibility index (Phi) is 5.15. The molecule has 7 heteroatoms. The van der Waals surface area contributed by atoms with Crippen LogP contribution in [-0.4, -0.2) is 34.1 Å². The van der Waals surface area contributed by atoms with Gasteiger partial charge in [0.2, 0.25) is 0 Å². The summed E-state index contributed by atoms with van der Waals surface area (Å²) >= 11 is 0. The van der Waals surface area contributed by atoms with Crippen molar-refractivity contribution in [1.29, 1.82) is 0 Å². The number of H-pyrrole nitrogens is 2. The van der Waals surface area contributed by atoms with Crippen LogP contribution in [-0.2, 0) is 0 Å². The largest absolute Gasteiger partial charge is 0.370 e. The van der Waals surface area contributed by atoms with Crippen molar-refractivity contribution in [2.45, 2.75) is 25.8 Å². The number of nitrogens with zero attached hydrogens (tertiary/aromatic N) is 2. The van der Waals surface area contributed by atoms with Crippen LogP contribution in [0.1, 0.15) is 18.4 Å². The van der Waals surface area contributed by atoms with Crippen LogP contribution in [0.25, 0.3) is 44.2 Å². The first-order valence-corrected chi connectivity index (χ1v) is 11.9. The second kappa shape index (κ2) is 8.36.